The number of benzene rings is 1. The smallest absolute Gasteiger partial charge is 0.239 e. The average molecular weight is 260 g/mol. The highest BCUT2D eigenvalue weighted by atomic mass is 16.2. The molecule has 2 atom stereocenters. The number of hydrogen-bond donors (Lipinski definition) is 1. The van der Waals surface area contributed by atoms with Crippen molar-refractivity contribution in [1.82, 2.24) is 10.2 Å². The molecule has 0 bridgehead atoms. The molecule has 1 aliphatic heterocycles. The van der Waals surface area contributed by atoms with Crippen LogP contribution in [0.25, 0.3) is 0 Å². The maximum atomic E-state index is 12.2. The Kier molecular flexibility index (Phi) is 4.59. The summed E-state index contributed by atoms with van der Waals surface area (Å²) in [5.41, 5.74) is 2.49. The summed E-state index contributed by atoms with van der Waals surface area (Å²) in [6.07, 6.45) is 2.29. The first-order chi connectivity index (χ1) is 9.08. The Morgan fingerprint density at radius 2 is 1.74 bits per heavy atom. The van der Waals surface area contributed by atoms with E-state index in [0.717, 1.165) is 25.9 Å². The van der Waals surface area contributed by atoms with Crippen molar-refractivity contribution in [1.29, 1.82) is 0 Å². The summed E-state index contributed by atoms with van der Waals surface area (Å²) in [5, 5.41) is 3.40. The van der Waals surface area contributed by atoms with Gasteiger partial charge in [-0.05, 0) is 39.2 Å². The van der Waals surface area contributed by atoms with E-state index in [2.05, 4.69) is 43.4 Å². The summed E-state index contributed by atoms with van der Waals surface area (Å²) in [5.74, 6) is 0.233. The minimum absolute atomic E-state index is 0.116. The second-order valence-electron chi connectivity index (χ2n) is 5.55. The quantitative estimate of drug-likeness (QED) is 0.902. The Hall–Kier alpha value is -1.35. The van der Waals surface area contributed by atoms with E-state index in [1.807, 2.05) is 11.8 Å². The SMILES string of the molecule is Cc1ccc([C@H](C)NC(C)C(=O)N2CCCC2)cc1. The van der Waals surface area contributed by atoms with Crippen LogP contribution in [0.3, 0.4) is 0 Å². The van der Waals surface area contributed by atoms with Crippen molar-refractivity contribution >= 4 is 5.91 Å². The molecule has 1 heterocycles. The molecule has 1 fully saturated rings. The first-order valence-electron chi connectivity index (χ1n) is 7.19. The zero-order valence-corrected chi connectivity index (χ0v) is 12.1. The molecule has 3 nitrogen and oxygen atoms in total. The molecule has 1 N–H and O–H groups in total. The second kappa shape index (κ2) is 6.20. The zero-order valence-electron chi connectivity index (χ0n) is 12.1. The van der Waals surface area contributed by atoms with E-state index in [1.165, 1.54) is 11.1 Å². The van der Waals surface area contributed by atoms with Crippen LogP contribution in [-0.4, -0.2) is 29.9 Å². The van der Waals surface area contributed by atoms with E-state index in [1.54, 1.807) is 0 Å². The van der Waals surface area contributed by atoms with Gasteiger partial charge < -0.3 is 4.90 Å². The molecule has 19 heavy (non-hydrogen) atoms. The summed E-state index contributed by atoms with van der Waals surface area (Å²) in [7, 11) is 0. The molecule has 0 saturated carbocycles. The summed E-state index contributed by atoms with van der Waals surface area (Å²) < 4.78 is 0. The second-order valence-corrected chi connectivity index (χ2v) is 5.55. The number of rotatable bonds is 4. The van der Waals surface area contributed by atoms with E-state index in [0.29, 0.717) is 0 Å². The topological polar surface area (TPSA) is 32.3 Å². The van der Waals surface area contributed by atoms with Gasteiger partial charge in [0.15, 0.2) is 0 Å². The van der Waals surface area contributed by atoms with Crippen molar-refractivity contribution in [2.75, 3.05) is 13.1 Å². The first-order valence-corrected chi connectivity index (χ1v) is 7.19. The van der Waals surface area contributed by atoms with Gasteiger partial charge >= 0.3 is 0 Å². The molecule has 1 aromatic carbocycles. The zero-order chi connectivity index (χ0) is 13.8. The van der Waals surface area contributed by atoms with Crippen molar-refractivity contribution in [2.45, 2.75) is 45.7 Å². The van der Waals surface area contributed by atoms with Gasteiger partial charge in [0, 0.05) is 19.1 Å². The molecular formula is C16H24N2O. The molecule has 2 rings (SSSR count). The first kappa shape index (κ1) is 14.1. The van der Waals surface area contributed by atoms with Crippen LogP contribution >= 0.6 is 0 Å². The third-order valence-corrected chi connectivity index (χ3v) is 3.87. The molecule has 0 radical (unpaired) electrons. The maximum Gasteiger partial charge on any atom is 0.239 e. The standard InChI is InChI=1S/C16H24N2O/c1-12-6-8-15(9-7-12)13(2)17-14(3)16(19)18-10-4-5-11-18/h6-9,13-14,17H,4-5,10-11H2,1-3H3/t13-,14?/m0/s1. The maximum absolute atomic E-state index is 12.2. The number of carbonyl (C=O) groups is 1. The highest BCUT2D eigenvalue weighted by molar-refractivity contribution is 5.81. The largest absolute Gasteiger partial charge is 0.341 e. The molecule has 3 heteroatoms. The number of nitrogens with one attached hydrogen (secondary N) is 1. The van der Waals surface area contributed by atoms with Crippen LogP contribution in [0.4, 0.5) is 0 Å². The van der Waals surface area contributed by atoms with E-state index in [-0.39, 0.29) is 18.0 Å². The number of hydrogen-bond acceptors (Lipinski definition) is 2. The van der Waals surface area contributed by atoms with Crippen LogP contribution in [-0.2, 0) is 4.79 Å². The Bertz CT molecular complexity index is 421. The minimum Gasteiger partial charge on any atom is -0.341 e. The number of amides is 1. The van der Waals surface area contributed by atoms with Crippen LogP contribution in [0.1, 0.15) is 43.9 Å². The van der Waals surface area contributed by atoms with Crippen LogP contribution in [0, 0.1) is 6.92 Å². The predicted molar refractivity (Wildman–Crippen MR) is 78.0 cm³/mol. The number of likely N-dealkylation sites (tertiary alicyclic amines) is 1. The summed E-state index contributed by atoms with van der Waals surface area (Å²) in [6, 6.07) is 8.55. The Morgan fingerprint density at radius 3 is 2.32 bits per heavy atom. The molecule has 1 amide bonds. The van der Waals surface area contributed by atoms with Crippen molar-refractivity contribution in [3.8, 4) is 0 Å². The number of aryl methyl sites for hydroxylation is 1. The van der Waals surface area contributed by atoms with Crippen LogP contribution in [0.2, 0.25) is 0 Å². The summed E-state index contributed by atoms with van der Waals surface area (Å²) >= 11 is 0. The molecule has 1 saturated heterocycles. The highest BCUT2D eigenvalue weighted by Gasteiger charge is 2.24. The lowest BCUT2D eigenvalue weighted by atomic mass is 10.1. The lowest BCUT2D eigenvalue weighted by molar-refractivity contribution is -0.132. The normalized spacial score (nSPS) is 18.4. The van der Waals surface area contributed by atoms with E-state index >= 15 is 0 Å². The van der Waals surface area contributed by atoms with Gasteiger partial charge in [0.1, 0.15) is 0 Å². The Labute approximate surface area is 116 Å². The highest BCUT2D eigenvalue weighted by Crippen LogP contribution is 2.15. The van der Waals surface area contributed by atoms with Gasteiger partial charge in [-0.15, -0.1) is 0 Å². The molecule has 104 valence electrons. The van der Waals surface area contributed by atoms with Gasteiger partial charge in [0.25, 0.3) is 0 Å². The van der Waals surface area contributed by atoms with Gasteiger partial charge in [-0.1, -0.05) is 29.8 Å². The van der Waals surface area contributed by atoms with E-state index < -0.39 is 0 Å². The monoisotopic (exact) mass is 260 g/mol. The van der Waals surface area contributed by atoms with Crippen molar-refractivity contribution < 1.29 is 4.79 Å². The van der Waals surface area contributed by atoms with Crippen LogP contribution < -0.4 is 5.32 Å². The van der Waals surface area contributed by atoms with Gasteiger partial charge in [-0.3, -0.25) is 10.1 Å². The third-order valence-electron chi connectivity index (χ3n) is 3.87. The fourth-order valence-electron chi connectivity index (χ4n) is 2.61. The van der Waals surface area contributed by atoms with Crippen molar-refractivity contribution in [3.05, 3.63) is 35.4 Å². The summed E-state index contributed by atoms with van der Waals surface area (Å²) in [6.45, 7) is 8.00. The van der Waals surface area contributed by atoms with Gasteiger partial charge in [0.05, 0.1) is 6.04 Å². The minimum atomic E-state index is -0.116. The van der Waals surface area contributed by atoms with E-state index in [4.69, 9.17) is 0 Å². The Balaban J connectivity index is 1.92. The Morgan fingerprint density at radius 1 is 1.16 bits per heavy atom. The fraction of sp³-hybridized carbons (Fsp3) is 0.562. The van der Waals surface area contributed by atoms with Gasteiger partial charge in [0.2, 0.25) is 5.91 Å². The van der Waals surface area contributed by atoms with Crippen LogP contribution in [0.15, 0.2) is 24.3 Å². The predicted octanol–water partition coefficient (Wildman–Crippen LogP) is 2.66. The van der Waals surface area contributed by atoms with Crippen molar-refractivity contribution in [3.63, 3.8) is 0 Å². The lowest BCUT2D eigenvalue weighted by Crippen LogP contribution is -2.44. The number of carbonyl (C=O) groups excluding carboxylic acids is 1. The third kappa shape index (κ3) is 3.57. The fourth-order valence-corrected chi connectivity index (χ4v) is 2.61. The van der Waals surface area contributed by atoms with Crippen molar-refractivity contribution in [2.24, 2.45) is 0 Å². The number of nitrogens with zero attached hydrogens (tertiary/aromatic N) is 1. The molecule has 0 spiro atoms. The molecule has 1 aromatic rings. The lowest BCUT2D eigenvalue weighted by Gasteiger charge is -2.24. The summed E-state index contributed by atoms with van der Waals surface area (Å²) in [4.78, 5) is 14.2. The van der Waals surface area contributed by atoms with Gasteiger partial charge in [-0.25, -0.2) is 0 Å². The molecule has 1 unspecified atom stereocenters. The van der Waals surface area contributed by atoms with E-state index in [9.17, 15) is 4.79 Å². The molecule has 1 aliphatic rings. The average Bonchev–Trinajstić information content (AvgIpc) is 2.92. The molecular weight excluding hydrogens is 236 g/mol. The molecule has 0 aliphatic carbocycles. The van der Waals surface area contributed by atoms with Gasteiger partial charge in [-0.2, -0.15) is 0 Å². The molecule has 0 aromatic heterocycles. The van der Waals surface area contributed by atoms with Crippen LogP contribution in [0.5, 0.6) is 0 Å².